The van der Waals surface area contributed by atoms with Gasteiger partial charge in [-0.1, -0.05) is 48.0 Å². The van der Waals surface area contributed by atoms with E-state index in [0.29, 0.717) is 28.7 Å². The molecule has 1 N–H and O–H groups in total. The average Bonchev–Trinajstić information content (AvgIpc) is 3.17. The van der Waals surface area contributed by atoms with E-state index in [1.165, 1.54) is 18.2 Å². The highest BCUT2D eigenvalue weighted by molar-refractivity contribution is 8.18. The quantitative estimate of drug-likeness (QED) is 0.326. The van der Waals surface area contributed by atoms with Crippen LogP contribution in [0, 0.1) is 0 Å². The van der Waals surface area contributed by atoms with Crippen LogP contribution in [0.15, 0.2) is 76.6 Å². The van der Waals surface area contributed by atoms with E-state index in [2.05, 4.69) is 10.3 Å². The minimum atomic E-state index is -4.56. The van der Waals surface area contributed by atoms with E-state index >= 15 is 0 Å². The molecule has 0 spiro atoms. The highest BCUT2D eigenvalue weighted by Crippen LogP contribution is 2.38. The predicted molar refractivity (Wildman–Crippen MR) is 136 cm³/mol. The Bertz CT molecular complexity index is 1340. The fraction of sp³-hybridized carbons (Fsp3) is 0.154. The number of rotatable bonds is 7. The van der Waals surface area contributed by atoms with E-state index < -0.39 is 17.6 Å². The van der Waals surface area contributed by atoms with Crippen molar-refractivity contribution >= 4 is 46.2 Å². The molecule has 1 fully saturated rings. The zero-order valence-corrected chi connectivity index (χ0v) is 20.5. The molecule has 36 heavy (non-hydrogen) atoms. The maximum absolute atomic E-state index is 13.3. The van der Waals surface area contributed by atoms with Gasteiger partial charge in [0.15, 0.2) is 16.7 Å². The van der Waals surface area contributed by atoms with Gasteiger partial charge >= 0.3 is 6.18 Å². The first-order valence-electron chi connectivity index (χ1n) is 10.8. The van der Waals surface area contributed by atoms with Crippen molar-refractivity contribution < 1.29 is 27.4 Å². The second-order valence-electron chi connectivity index (χ2n) is 7.52. The summed E-state index contributed by atoms with van der Waals surface area (Å²) in [6.45, 7) is 2.48. The summed E-state index contributed by atoms with van der Waals surface area (Å²) in [4.78, 5) is 16.8. The van der Waals surface area contributed by atoms with Crippen molar-refractivity contribution in [3.8, 4) is 11.5 Å². The van der Waals surface area contributed by atoms with Crippen molar-refractivity contribution in [2.45, 2.75) is 19.7 Å². The number of hydrogen-bond donors (Lipinski definition) is 1. The van der Waals surface area contributed by atoms with Gasteiger partial charge in [-0.15, -0.1) is 0 Å². The molecule has 0 unspecified atom stereocenters. The molecule has 4 rings (SSSR count). The molecule has 10 heteroatoms. The summed E-state index contributed by atoms with van der Waals surface area (Å²) in [5, 5.41) is 3.17. The molecule has 0 aromatic heterocycles. The summed E-state index contributed by atoms with van der Waals surface area (Å²) in [6.07, 6.45) is -2.95. The molecule has 0 radical (unpaired) electrons. The minimum absolute atomic E-state index is 0.0627. The highest BCUT2D eigenvalue weighted by Gasteiger charge is 2.34. The van der Waals surface area contributed by atoms with Crippen LogP contribution in [0.4, 0.5) is 18.9 Å². The van der Waals surface area contributed by atoms with Crippen molar-refractivity contribution in [3.63, 3.8) is 0 Å². The van der Waals surface area contributed by atoms with Crippen LogP contribution in [0.1, 0.15) is 23.6 Å². The number of aliphatic imine (C=N–C) groups is 1. The van der Waals surface area contributed by atoms with E-state index in [0.717, 1.165) is 23.4 Å². The second-order valence-corrected chi connectivity index (χ2v) is 8.95. The zero-order chi connectivity index (χ0) is 25.7. The Morgan fingerprint density at radius 3 is 2.53 bits per heavy atom. The first kappa shape index (κ1) is 25.7. The molecule has 1 heterocycles. The number of nitrogens with one attached hydrogen (secondary N) is 1. The van der Waals surface area contributed by atoms with Crippen LogP contribution < -0.4 is 14.8 Å². The van der Waals surface area contributed by atoms with E-state index in [4.69, 9.17) is 21.1 Å². The summed E-state index contributed by atoms with van der Waals surface area (Å²) >= 11 is 7.15. The van der Waals surface area contributed by atoms with Crippen molar-refractivity contribution in [2.75, 3.05) is 6.61 Å². The topological polar surface area (TPSA) is 59.9 Å². The van der Waals surface area contributed by atoms with Gasteiger partial charge in [-0.3, -0.25) is 4.79 Å². The number of amidine groups is 1. The number of amides is 1. The lowest BCUT2D eigenvalue weighted by atomic mass is 10.2. The fourth-order valence-corrected chi connectivity index (χ4v) is 4.35. The molecule has 0 aliphatic carbocycles. The van der Waals surface area contributed by atoms with Crippen LogP contribution in [-0.4, -0.2) is 17.7 Å². The molecule has 0 bridgehead atoms. The number of ether oxygens (including phenoxy) is 2. The normalized spacial score (nSPS) is 15.9. The number of carbonyl (C=O) groups is 1. The molecule has 3 aromatic rings. The van der Waals surface area contributed by atoms with E-state index in [9.17, 15) is 18.0 Å². The van der Waals surface area contributed by atoms with Gasteiger partial charge in [-0.2, -0.15) is 13.2 Å². The van der Waals surface area contributed by atoms with Crippen LogP contribution in [0.5, 0.6) is 11.5 Å². The molecule has 1 aliphatic rings. The lowest BCUT2D eigenvalue weighted by Crippen LogP contribution is -2.19. The first-order chi connectivity index (χ1) is 17.2. The Morgan fingerprint density at radius 1 is 1.03 bits per heavy atom. The third kappa shape index (κ3) is 6.22. The molecular formula is C26H20ClF3N2O3S. The van der Waals surface area contributed by atoms with Gasteiger partial charge in [0.1, 0.15) is 6.61 Å². The van der Waals surface area contributed by atoms with E-state index in [-0.39, 0.29) is 22.4 Å². The van der Waals surface area contributed by atoms with Crippen LogP contribution in [0.3, 0.4) is 0 Å². The molecule has 1 amide bonds. The number of nitrogens with zero attached hydrogens (tertiary/aromatic N) is 1. The van der Waals surface area contributed by atoms with Gasteiger partial charge in [0.25, 0.3) is 5.91 Å². The van der Waals surface area contributed by atoms with Gasteiger partial charge in [-0.05, 0) is 60.7 Å². The van der Waals surface area contributed by atoms with Crippen LogP contribution in [-0.2, 0) is 17.6 Å². The Morgan fingerprint density at radius 2 is 1.78 bits per heavy atom. The number of alkyl halides is 3. The van der Waals surface area contributed by atoms with Gasteiger partial charge in [-0.25, -0.2) is 4.99 Å². The third-order valence-electron chi connectivity index (χ3n) is 4.99. The largest absolute Gasteiger partial charge is 0.490 e. The molecule has 3 aromatic carbocycles. The Hall–Kier alpha value is -3.43. The van der Waals surface area contributed by atoms with Gasteiger partial charge in [0.2, 0.25) is 0 Å². The van der Waals surface area contributed by atoms with E-state index in [1.54, 1.807) is 30.3 Å². The fourth-order valence-electron chi connectivity index (χ4n) is 3.33. The van der Waals surface area contributed by atoms with Crippen LogP contribution >= 0.6 is 23.4 Å². The van der Waals surface area contributed by atoms with Gasteiger partial charge < -0.3 is 14.8 Å². The Kier molecular flexibility index (Phi) is 7.91. The molecule has 5 nitrogen and oxygen atoms in total. The number of carbonyl (C=O) groups excluding carboxylic acids is 1. The lowest BCUT2D eigenvalue weighted by molar-refractivity contribution is -0.137. The third-order valence-corrected chi connectivity index (χ3v) is 6.27. The van der Waals surface area contributed by atoms with Gasteiger partial charge in [0, 0.05) is 10.6 Å². The van der Waals surface area contributed by atoms with Gasteiger partial charge in [0.05, 0.1) is 22.8 Å². The van der Waals surface area contributed by atoms with Crippen LogP contribution in [0.2, 0.25) is 5.02 Å². The predicted octanol–water partition coefficient (Wildman–Crippen LogP) is 7.23. The zero-order valence-electron chi connectivity index (χ0n) is 18.9. The van der Waals surface area contributed by atoms with Crippen LogP contribution in [0.25, 0.3) is 6.08 Å². The summed E-state index contributed by atoms with van der Waals surface area (Å²) in [6, 6.07) is 17.5. The SMILES string of the molecule is CCOc1cc(/C=C2\SC(=Nc3ccccc3C(F)(F)F)NC2=O)ccc1OCc1ccccc1Cl. The maximum atomic E-state index is 13.3. The van der Waals surface area contributed by atoms with Crippen molar-refractivity contribution in [1.29, 1.82) is 0 Å². The number of thioether (sulfide) groups is 1. The van der Waals surface area contributed by atoms with Crippen molar-refractivity contribution in [3.05, 3.63) is 93.3 Å². The molecule has 1 aliphatic heterocycles. The molecule has 1 saturated heterocycles. The summed E-state index contributed by atoms with van der Waals surface area (Å²) < 4.78 is 51.4. The van der Waals surface area contributed by atoms with Crippen molar-refractivity contribution in [2.24, 2.45) is 4.99 Å². The molecule has 0 saturated carbocycles. The Balaban J connectivity index is 1.54. The standard InChI is InChI=1S/C26H20ClF3N2O3S/c1-2-34-22-13-16(11-12-21(22)35-15-17-7-3-5-9-19(17)27)14-23-24(33)32-25(36-23)31-20-10-6-4-8-18(20)26(28,29)30/h3-14H,2,15H2,1H3,(H,31,32,33)/b23-14-. The smallest absolute Gasteiger partial charge is 0.418 e. The Labute approximate surface area is 215 Å². The number of hydrogen-bond acceptors (Lipinski definition) is 5. The maximum Gasteiger partial charge on any atom is 0.418 e. The highest BCUT2D eigenvalue weighted by atomic mass is 35.5. The minimum Gasteiger partial charge on any atom is -0.490 e. The average molecular weight is 533 g/mol. The molecule has 0 atom stereocenters. The van der Waals surface area contributed by atoms with Crippen molar-refractivity contribution in [1.82, 2.24) is 5.32 Å². The summed E-state index contributed by atoms with van der Waals surface area (Å²) in [5.74, 6) is 0.531. The lowest BCUT2D eigenvalue weighted by Gasteiger charge is -2.13. The first-order valence-corrected chi connectivity index (χ1v) is 12.0. The number of para-hydroxylation sites is 1. The summed E-state index contributed by atoms with van der Waals surface area (Å²) in [5.41, 5.74) is 0.329. The second kappa shape index (κ2) is 11.1. The monoisotopic (exact) mass is 532 g/mol. The van der Waals surface area contributed by atoms with E-state index in [1.807, 2.05) is 25.1 Å². The molecular weight excluding hydrogens is 513 g/mol. The number of benzene rings is 3. The summed E-state index contributed by atoms with van der Waals surface area (Å²) in [7, 11) is 0. The number of halogens is 4. The molecule has 186 valence electrons.